The number of carbonyl (C=O) groups is 2. The van der Waals surface area contributed by atoms with E-state index < -0.39 is 0 Å². The molecule has 0 aliphatic carbocycles. The third kappa shape index (κ3) is 4.14. The lowest BCUT2D eigenvalue weighted by molar-refractivity contribution is -0.119. The summed E-state index contributed by atoms with van der Waals surface area (Å²) < 4.78 is 5.57. The van der Waals surface area contributed by atoms with Gasteiger partial charge in [-0.2, -0.15) is 0 Å². The van der Waals surface area contributed by atoms with Gasteiger partial charge in [0.1, 0.15) is 5.75 Å². The number of nitrogens with zero attached hydrogens (tertiary/aromatic N) is 1. The first kappa shape index (κ1) is 20.9. The Bertz CT molecular complexity index is 1180. The summed E-state index contributed by atoms with van der Waals surface area (Å²) >= 11 is 1.33. The number of thioether (sulfide) groups is 1. The molecule has 3 aromatic carbocycles. The second kappa shape index (κ2) is 8.82. The second-order valence-electron chi connectivity index (χ2n) is 7.31. The van der Waals surface area contributed by atoms with Crippen molar-refractivity contribution in [1.29, 1.82) is 0 Å². The number of hydrogen-bond acceptors (Lipinski definition) is 4. The van der Waals surface area contributed by atoms with Crippen LogP contribution >= 0.6 is 11.8 Å². The first-order valence-corrected chi connectivity index (χ1v) is 11.0. The molecule has 0 fully saturated rings. The number of ether oxygens (including phenoxy) is 1. The quantitative estimate of drug-likeness (QED) is 0.466. The van der Waals surface area contributed by atoms with E-state index in [2.05, 4.69) is 0 Å². The molecule has 31 heavy (non-hydrogen) atoms. The van der Waals surface area contributed by atoms with Crippen LogP contribution in [0, 0.1) is 13.8 Å². The van der Waals surface area contributed by atoms with Crippen LogP contribution in [-0.2, 0) is 9.59 Å². The van der Waals surface area contributed by atoms with Gasteiger partial charge < -0.3 is 4.74 Å². The number of rotatable bonds is 6. The zero-order valence-corrected chi connectivity index (χ0v) is 18.5. The van der Waals surface area contributed by atoms with E-state index in [-0.39, 0.29) is 11.8 Å². The predicted molar refractivity (Wildman–Crippen MR) is 125 cm³/mol. The van der Waals surface area contributed by atoms with Crippen molar-refractivity contribution in [2.45, 2.75) is 25.7 Å². The number of amides is 2. The van der Waals surface area contributed by atoms with Crippen molar-refractivity contribution in [2.24, 2.45) is 0 Å². The van der Waals surface area contributed by atoms with Gasteiger partial charge in [0.15, 0.2) is 0 Å². The lowest BCUT2D eigenvalue weighted by Crippen LogP contribution is -2.31. The van der Waals surface area contributed by atoms with Crippen molar-refractivity contribution in [3.05, 3.63) is 94.4 Å². The van der Waals surface area contributed by atoms with Crippen molar-refractivity contribution in [1.82, 2.24) is 0 Å². The van der Waals surface area contributed by atoms with Crippen LogP contribution in [0.3, 0.4) is 0 Å². The third-order valence-electron chi connectivity index (χ3n) is 5.04. The lowest BCUT2D eigenvalue weighted by Gasteiger charge is -2.16. The van der Waals surface area contributed by atoms with Gasteiger partial charge in [0, 0.05) is 11.0 Å². The minimum absolute atomic E-state index is 0.316. The summed E-state index contributed by atoms with van der Waals surface area (Å²) in [6.45, 7) is 6.38. The molecule has 0 saturated carbocycles. The van der Waals surface area contributed by atoms with Crippen LogP contribution in [0.15, 0.2) is 82.6 Å². The lowest BCUT2D eigenvalue weighted by atomic mass is 9.99. The molecule has 156 valence electrons. The van der Waals surface area contributed by atoms with Crippen LogP contribution in [0.1, 0.15) is 23.6 Å². The second-order valence-corrected chi connectivity index (χ2v) is 8.40. The van der Waals surface area contributed by atoms with Gasteiger partial charge in [-0.05, 0) is 56.2 Å². The Morgan fingerprint density at radius 1 is 0.871 bits per heavy atom. The average molecular weight is 430 g/mol. The van der Waals surface area contributed by atoms with Gasteiger partial charge in [-0.15, -0.1) is 0 Å². The molecule has 0 aromatic heterocycles. The Morgan fingerprint density at radius 2 is 1.65 bits per heavy atom. The van der Waals surface area contributed by atoms with Crippen LogP contribution in [0.5, 0.6) is 5.75 Å². The monoisotopic (exact) mass is 429 g/mol. The molecule has 0 atom stereocenters. The summed E-state index contributed by atoms with van der Waals surface area (Å²) in [4.78, 5) is 29.8. The van der Waals surface area contributed by atoms with Gasteiger partial charge in [0.25, 0.3) is 11.8 Å². The molecule has 0 bridgehead atoms. The minimum Gasteiger partial charge on any atom is -0.494 e. The van der Waals surface area contributed by atoms with E-state index >= 15 is 0 Å². The van der Waals surface area contributed by atoms with E-state index in [1.165, 1.54) is 16.7 Å². The Balaban J connectivity index is 1.83. The molecule has 1 heterocycles. The summed E-state index contributed by atoms with van der Waals surface area (Å²) in [6, 6.07) is 22.7. The SMILES string of the molecule is CCOc1cccc(N2C(=O)C(Sc3ccccc3)=C(c3ccc(C)cc3C)C2=O)c1. The average Bonchev–Trinajstić information content (AvgIpc) is 2.99. The highest BCUT2D eigenvalue weighted by molar-refractivity contribution is 8.04. The van der Waals surface area contributed by atoms with Crippen molar-refractivity contribution >= 4 is 34.8 Å². The van der Waals surface area contributed by atoms with Crippen LogP contribution in [-0.4, -0.2) is 18.4 Å². The molecule has 3 aromatic rings. The first-order valence-electron chi connectivity index (χ1n) is 10.2. The molecule has 4 rings (SSSR count). The van der Waals surface area contributed by atoms with Crippen LogP contribution in [0.25, 0.3) is 5.57 Å². The van der Waals surface area contributed by atoms with Gasteiger partial charge in [-0.3, -0.25) is 9.59 Å². The molecule has 0 N–H and O–H groups in total. The van der Waals surface area contributed by atoms with E-state index in [0.29, 0.717) is 28.5 Å². The van der Waals surface area contributed by atoms with Crippen LogP contribution in [0.2, 0.25) is 0 Å². The Kier molecular flexibility index (Phi) is 5.96. The normalized spacial score (nSPS) is 13.8. The maximum absolute atomic E-state index is 13.6. The van der Waals surface area contributed by atoms with Crippen molar-refractivity contribution in [3.63, 3.8) is 0 Å². The Morgan fingerprint density at radius 3 is 2.35 bits per heavy atom. The summed E-state index contributed by atoms with van der Waals surface area (Å²) in [7, 11) is 0. The smallest absolute Gasteiger partial charge is 0.272 e. The van der Waals surface area contributed by atoms with E-state index in [1.54, 1.807) is 18.2 Å². The molecule has 5 heteroatoms. The number of benzene rings is 3. The standard InChI is InChI=1S/C26H23NO3S/c1-4-30-20-10-8-9-19(16-20)27-25(28)23(22-14-13-17(2)15-18(22)3)24(26(27)29)31-21-11-6-5-7-12-21/h5-16H,4H2,1-3H3. The van der Waals surface area contributed by atoms with Crippen LogP contribution in [0.4, 0.5) is 5.69 Å². The van der Waals surface area contributed by atoms with Gasteiger partial charge in [-0.1, -0.05) is 59.8 Å². The fraction of sp³-hybridized carbons (Fsp3) is 0.154. The maximum atomic E-state index is 13.6. The largest absolute Gasteiger partial charge is 0.494 e. The van der Waals surface area contributed by atoms with Gasteiger partial charge >= 0.3 is 0 Å². The summed E-state index contributed by atoms with van der Waals surface area (Å²) in [5.74, 6) is -0.00987. The maximum Gasteiger partial charge on any atom is 0.272 e. The molecule has 0 spiro atoms. The molecule has 1 aliphatic rings. The molecule has 0 saturated heterocycles. The third-order valence-corrected chi connectivity index (χ3v) is 6.13. The van der Waals surface area contributed by atoms with E-state index in [4.69, 9.17) is 4.74 Å². The molecule has 1 aliphatic heterocycles. The molecule has 2 amide bonds. The van der Waals surface area contributed by atoms with Crippen LogP contribution < -0.4 is 9.64 Å². The highest BCUT2D eigenvalue weighted by Crippen LogP contribution is 2.42. The van der Waals surface area contributed by atoms with Crippen molar-refractivity contribution < 1.29 is 14.3 Å². The first-order chi connectivity index (χ1) is 15.0. The Hall–Kier alpha value is -3.31. The number of imide groups is 1. The number of anilines is 1. The number of aryl methyl sites for hydroxylation is 2. The molecule has 0 radical (unpaired) electrons. The van der Waals surface area contributed by atoms with Crippen molar-refractivity contribution in [2.75, 3.05) is 11.5 Å². The highest BCUT2D eigenvalue weighted by atomic mass is 32.2. The van der Waals surface area contributed by atoms with Gasteiger partial charge in [0.05, 0.1) is 22.8 Å². The van der Waals surface area contributed by atoms with E-state index in [1.807, 2.05) is 75.4 Å². The van der Waals surface area contributed by atoms with E-state index in [0.717, 1.165) is 21.6 Å². The molecule has 4 nitrogen and oxygen atoms in total. The van der Waals surface area contributed by atoms with Crippen molar-refractivity contribution in [3.8, 4) is 5.75 Å². The van der Waals surface area contributed by atoms with Gasteiger partial charge in [0.2, 0.25) is 0 Å². The Labute approximate surface area is 186 Å². The number of carbonyl (C=O) groups excluding carboxylic acids is 2. The zero-order valence-electron chi connectivity index (χ0n) is 17.7. The zero-order chi connectivity index (χ0) is 22.0. The fourth-order valence-corrected chi connectivity index (χ4v) is 4.66. The number of hydrogen-bond donors (Lipinski definition) is 0. The molecular weight excluding hydrogens is 406 g/mol. The summed E-state index contributed by atoms with van der Waals surface area (Å²) in [5, 5.41) is 0. The topological polar surface area (TPSA) is 46.6 Å². The summed E-state index contributed by atoms with van der Waals surface area (Å²) in [6.07, 6.45) is 0. The van der Waals surface area contributed by atoms with Gasteiger partial charge in [-0.25, -0.2) is 4.90 Å². The fourth-order valence-electron chi connectivity index (χ4n) is 3.66. The highest BCUT2D eigenvalue weighted by Gasteiger charge is 2.41. The molecule has 0 unspecified atom stereocenters. The predicted octanol–water partition coefficient (Wildman–Crippen LogP) is 5.78. The van der Waals surface area contributed by atoms with E-state index in [9.17, 15) is 9.59 Å². The summed E-state index contributed by atoms with van der Waals surface area (Å²) in [5.41, 5.74) is 3.81. The minimum atomic E-state index is -0.317. The molecular formula is C26H23NO3S.